The summed E-state index contributed by atoms with van der Waals surface area (Å²) >= 11 is 0. The molecule has 12 heteroatoms. The lowest BCUT2D eigenvalue weighted by atomic mass is 9.91. The maximum absolute atomic E-state index is 13.3. The monoisotopic (exact) mass is 477 g/mol. The van der Waals surface area contributed by atoms with Crippen molar-refractivity contribution in [3.8, 4) is 17.2 Å². The van der Waals surface area contributed by atoms with E-state index in [1.54, 1.807) is 37.3 Å². The molecule has 0 unspecified atom stereocenters. The van der Waals surface area contributed by atoms with Gasteiger partial charge in [-0.3, -0.25) is 14.5 Å². The van der Waals surface area contributed by atoms with Gasteiger partial charge in [-0.1, -0.05) is 18.2 Å². The maximum atomic E-state index is 13.3. The Bertz CT molecular complexity index is 1300. The number of hydrogen-bond acceptors (Lipinski definition) is 8. The van der Waals surface area contributed by atoms with Gasteiger partial charge in [0.25, 0.3) is 5.91 Å². The van der Waals surface area contributed by atoms with Crippen LogP contribution in [0.2, 0.25) is 0 Å². The Morgan fingerprint density at radius 3 is 2.74 bits per heavy atom. The van der Waals surface area contributed by atoms with Gasteiger partial charge in [-0.15, -0.1) is 5.10 Å². The van der Waals surface area contributed by atoms with Crippen molar-refractivity contribution in [1.82, 2.24) is 35.7 Å². The minimum atomic E-state index is -1.34. The molecular weight excluding hydrogens is 454 g/mol. The van der Waals surface area contributed by atoms with E-state index in [-0.39, 0.29) is 6.04 Å². The molecule has 2 aliphatic heterocycles. The molecule has 5 rings (SSSR count). The van der Waals surface area contributed by atoms with E-state index >= 15 is 0 Å². The van der Waals surface area contributed by atoms with Crippen LogP contribution in [0.25, 0.3) is 5.69 Å². The molecule has 4 amide bonds. The molecule has 2 aliphatic rings. The van der Waals surface area contributed by atoms with Gasteiger partial charge in [-0.2, -0.15) is 0 Å². The van der Waals surface area contributed by atoms with Crippen LogP contribution in [0.3, 0.4) is 0 Å². The summed E-state index contributed by atoms with van der Waals surface area (Å²) < 4.78 is 12.6. The van der Waals surface area contributed by atoms with E-state index in [4.69, 9.17) is 9.47 Å². The molecule has 1 saturated heterocycles. The molecular formula is C23H23N7O5. The third kappa shape index (κ3) is 4.14. The number of nitrogens with zero attached hydrogens (tertiary/aromatic N) is 5. The van der Waals surface area contributed by atoms with Crippen molar-refractivity contribution in [2.75, 3.05) is 19.8 Å². The van der Waals surface area contributed by atoms with Crippen molar-refractivity contribution >= 4 is 17.8 Å². The minimum absolute atomic E-state index is 0.376. The fraction of sp³-hybridized carbons (Fsp3) is 0.304. The van der Waals surface area contributed by atoms with Crippen LogP contribution in [0.5, 0.6) is 11.5 Å². The van der Waals surface area contributed by atoms with E-state index in [2.05, 4.69) is 26.2 Å². The highest BCUT2D eigenvalue weighted by atomic mass is 16.6. The lowest BCUT2D eigenvalue weighted by molar-refractivity contribution is -0.135. The predicted octanol–water partition coefficient (Wildman–Crippen LogP) is 1.08. The van der Waals surface area contributed by atoms with Gasteiger partial charge in [0.15, 0.2) is 11.5 Å². The number of imide groups is 1. The summed E-state index contributed by atoms with van der Waals surface area (Å²) in [7, 11) is 0. The van der Waals surface area contributed by atoms with Crippen molar-refractivity contribution in [2.45, 2.75) is 25.4 Å². The number of urea groups is 1. The Balaban J connectivity index is 1.28. The molecule has 1 fully saturated rings. The Hall–Kier alpha value is -4.48. The average molecular weight is 477 g/mol. The number of nitrogens with one attached hydrogen (secondary N) is 2. The van der Waals surface area contributed by atoms with Crippen molar-refractivity contribution in [3.63, 3.8) is 0 Å². The first kappa shape index (κ1) is 22.3. The number of tetrazole rings is 1. The molecule has 0 radical (unpaired) electrons. The van der Waals surface area contributed by atoms with Crippen molar-refractivity contribution in [2.24, 2.45) is 0 Å². The third-order valence-electron chi connectivity index (χ3n) is 6.06. The number of rotatable bonds is 6. The third-order valence-corrected chi connectivity index (χ3v) is 6.06. The van der Waals surface area contributed by atoms with Gasteiger partial charge >= 0.3 is 6.03 Å². The van der Waals surface area contributed by atoms with E-state index in [0.29, 0.717) is 36.0 Å². The number of fused-ring (bicyclic) bond motifs is 1. The molecule has 35 heavy (non-hydrogen) atoms. The minimum Gasteiger partial charge on any atom is -0.486 e. The summed E-state index contributed by atoms with van der Waals surface area (Å²) in [6, 6.07) is 11.4. The van der Waals surface area contributed by atoms with Crippen LogP contribution in [-0.4, -0.2) is 62.7 Å². The summed E-state index contributed by atoms with van der Waals surface area (Å²) in [5, 5.41) is 16.6. The van der Waals surface area contributed by atoms with Crippen molar-refractivity contribution < 1.29 is 23.9 Å². The molecule has 2 aromatic carbocycles. The molecule has 0 aliphatic carbocycles. The number of aromatic nitrogens is 4. The zero-order valence-corrected chi connectivity index (χ0v) is 19.1. The van der Waals surface area contributed by atoms with E-state index in [9.17, 15) is 14.4 Å². The summed E-state index contributed by atoms with van der Waals surface area (Å²) in [6.45, 7) is 3.94. The maximum Gasteiger partial charge on any atom is 0.325 e. The summed E-state index contributed by atoms with van der Waals surface area (Å²) in [5.74, 6) is 0.269. The molecule has 0 spiro atoms. The lowest BCUT2D eigenvalue weighted by Gasteiger charge is -2.23. The first-order chi connectivity index (χ1) is 16.8. The molecule has 0 bridgehead atoms. The van der Waals surface area contributed by atoms with E-state index in [0.717, 1.165) is 10.5 Å². The Morgan fingerprint density at radius 2 is 1.97 bits per heavy atom. The molecule has 2 N–H and O–H groups in total. The molecule has 12 nitrogen and oxygen atoms in total. The number of amides is 4. The second-order valence-electron chi connectivity index (χ2n) is 8.44. The largest absolute Gasteiger partial charge is 0.486 e. The smallest absolute Gasteiger partial charge is 0.325 e. The van der Waals surface area contributed by atoms with Gasteiger partial charge in [-0.25, -0.2) is 9.48 Å². The lowest BCUT2D eigenvalue weighted by Crippen LogP contribution is -2.43. The fourth-order valence-corrected chi connectivity index (χ4v) is 4.12. The highest BCUT2D eigenvalue weighted by Gasteiger charge is 2.49. The SMILES string of the molecule is C[C@@H](NC(=O)CN1C(=O)N[C@](C)(c2cccc(-n3cnnn3)c2)C1=O)c1ccc2c(c1)OCCO2. The fourth-order valence-electron chi connectivity index (χ4n) is 4.12. The van der Waals surface area contributed by atoms with Crippen LogP contribution in [0.1, 0.15) is 31.0 Å². The Labute approximate surface area is 200 Å². The zero-order valence-electron chi connectivity index (χ0n) is 19.1. The predicted molar refractivity (Wildman–Crippen MR) is 121 cm³/mol. The molecule has 3 aromatic rings. The highest BCUT2D eigenvalue weighted by molar-refractivity contribution is 6.09. The summed E-state index contributed by atoms with van der Waals surface area (Å²) in [5.41, 5.74) is 0.628. The molecule has 1 aromatic heterocycles. The number of hydrogen-bond donors (Lipinski definition) is 2. The quantitative estimate of drug-likeness (QED) is 0.503. The van der Waals surface area contributed by atoms with Gasteiger partial charge < -0.3 is 20.1 Å². The normalized spacial score (nSPS) is 19.9. The molecule has 3 heterocycles. The Kier molecular flexibility index (Phi) is 5.55. The summed E-state index contributed by atoms with van der Waals surface area (Å²) in [6.07, 6.45) is 1.43. The van der Waals surface area contributed by atoms with Crippen LogP contribution >= 0.6 is 0 Å². The topological polar surface area (TPSA) is 141 Å². The first-order valence-corrected chi connectivity index (χ1v) is 11.0. The van der Waals surface area contributed by atoms with Gasteiger partial charge in [0.05, 0.1) is 11.7 Å². The molecule has 2 atom stereocenters. The number of ether oxygens (including phenoxy) is 2. The average Bonchev–Trinajstić information content (AvgIpc) is 3.48. The molecule has 180 valence electrons. The van der Waals surface area contributed by atoms with Crippen LogP contribution in [0.4, 0.5) is 4.79 Å². The van der Waals surface area contributed by atoms with Gasteiger partial charge in [-0.05, 0) is 59.7 Å². The van der Waals surface area contributed by atoms with Gasteiger partial charge in [0, 0.05) is 0 Å². The van der Waals surface area contributed by atoms with E-state index in [1.165, 1.54) is 11.0 Å². The second kappa shape index (κ2) is 8.70. The Morgan fingerprint density at radius 1 is 1.17 bits per heavy atom. The van der Waals surface area contributed by atoms with Crippen LogP contribution in [-0.2, 0) is 15.1 Å². The summed E-state index contributed by atoms with van der Waals surface area (Å²) in [4.78, 5) is 39.6. The van der Waals surface area contributed by atoms with Crippen LogP contribution in [0, 0.1) is 0 Å². The van der Waals surface area contributed by atoms with E-state index in [1.807, 2.05) is 19.1 Å². The van der Waals surface area contributed by atoms with Crippen LogP contribution < -0.4 is 20.1 Å². The highest BCUT2D eigenvalue weighted by Crippen LogP contribution is 2.33. The number of carbonyl (C=O) groups excluding carboxylic acids is 3. The van der Waals surface area contributed by atoms with Crippen molar-refractivity contribution in [3.05, 3.63) is 59.9 Å². The first-order valence-electron chi connectivity index (χ1n) is 11.0. The zero-order chi connectivity index (χ0) is 24.6. The van der Waals surface area contributed by atoms with Gasteiger partial charge in [0.2, 0.25) is 5.91 Å². The number of benzene rings is 2. The molecule has 0 saturated carbocycles. The standard InChI is InChI=1S/C23H23N7O5/c1-14(15-6-7-18-19(10-15)35-9-8-34-18)25-20(31)12-29-21(32)23(2,26-22(29)33)16-4-3-5-17(11-16)30-13-24-27-28-30/h3-7,10-11,13-14H,8-9,12H2,1-2H3,(H,25,31)(H,26,33)/t14-,23-/m1/s1. The van der Waals surface area contributed by atoms with Gasteiger partial charge in [0.1, 0.15) is 31.6 Å². The van der Waals surface area contributed by atoms with Crippen LogP contribution in [0.15, 0.2) is 48.8 Å². The number of carbonyl (C=O) groups is 3. The van der Waals surface area contributed by atoms with Crippen molar-refractivity contribution in [1.29, 1.82) is 0 Å². The van der Waals surface area contributed by atoms with E-state index < -0.39 is 29.9 Å². The second-order valence-corrected chi connectivity index (χ2v) is 8.44.